The van der Waals surface area contributed by atoms with E-state index >= 15 is 0 Å². The zero-order valence-electron chi connectivity index (χ0n) is 12.8. The van der Waals surface area contributed by atoms with Crippen molar-refractivity contribution >= 4 is 0 Å². The van der Waals surface area contributed by atoms with E-state index in [0.717, 1.165) is 19.6 Å². The fourth-order valence-electron chi connectivity index (χ4n) is 3.82. The summed E-state index contributed by atoms with van der Waals surface area (Å²) in [4.78, 5) is 0. The Morgan fingerprint density at radius 1 is 1.10 bits per heavy atom. The lowest BCUT2D eigenvalue weighted by atomic mass is 9.90. The van der Waals surface area contributed by atoms with Crippen molar-refractivity contribution in [3.8, 4) is 0 Å². The molecule has 2 aliphatic rings. The van der Waals surface area contributed by atoms with Crippen LogP contribution in [0.4, 0.5) is 0 Å². The van der Waals surface area contributed by atoms with Gasteiger partial charge in [-0.25, -0.2) is 0 Å². The predicted molar refractivity (Wildman–Crippen MR) is 86.4 cm³/mol. The summed E-state index contributed by atoms with van der Waals surface area (Å²) in [5.41, 5.74) is 1.49. The summed E-state index contributed by atoms with van der Waals surface area (Å²) >= 11 is 0. The highest BCUT2D eigenvalue weighted by atomic mass is 16.3. The lowest BCUT2D eigenvalue weighted by Crippen LogP contribution is -2.37. The Hall–Kier alpha value is -0.900. The number of aliphatic hydroxyl groups is 1. The van der Waals surface area contributed by atoms with Crippen LogP contribution >= 0.6 is 0 Å². The molecule has 0 spiro atoms. The number of hydrogen-bond donors (Lipinski definition) is 3. The number of rotatable bonds is 4. The van der Waals surface area contributed by atoms with Gasteiger partial charge in [-0.05, 0) is 30.7 Å². The quantitative estimate of drug-likeness (QED) is 0.745. The van der Waals surface area contributed by atoms with Gasteiger partial charge in [-0.2, -0.15) is 0 Å². The van der Waals surface area contributed by atoms with E-state index in [4.69, 9.17) is 0 Å². The number of hydrogen-bond acceptors (Lipinski definition) is 3. The number of nitrogens with one attached hydrogen (secondary N) is 2. The van der Waals surface area contributed by atoms with Crippen molar-refractivity contribution in [3.05, 3.63) is 35.9 Å². The average Bonchev–Trinajstić information content (AvgIpc) is 2.79. The Morgan fingerprint density at radius 2 is 1.90 bits per heavy atom. The van der Waals surface area contributed by atoms with Crippen LogP contribution in [0.15, 0.2) is 30.3 Å². The fourth-order valence-corrected chi connectivity index (χ4v) is 3.82. The first-order valence-electron chi connectivity index (χ1n) is 8.50. The van der Waals surface area contributed by atoms with Crippen molar-refractivity contribution in [1.29, 1.82) is 0 Å². The second-order valence-electron chi connectivity index (χ2n) is 6.72. The summed E-state index contributed by atoms with van der Waals surface area (Å²) < 4.78 is 0. The Balaban J connectivity index is 1.55. The Kier molecular flexibility index (Phi) is 5.28. The SMILES string of the molecule is OC1CNCC1CNC1CCCCC(c2ccccc2)C1. The van der Waals surface area contributed by atoms with Crippen molar-refractivity contribution in [2.75, 3.05) is 19.6 Å². The molecule has 3 nitrogen and oxygen atoms in total. The van der Waals surface area contributed by atoms with Crippen molar-refractivity contribution < 1.29 is 5.11 Å². The normalized spacial score (nSPS) is 33.8. The van der Waals surface area contributed by atoms with Gasteiger partial charge in [0.1, 0.15) is 0 Å². The molecule has 3 N–H and O–H groups in total. The van der Waals surface area contributed by atoms with E-state index in [-0.39, 0.29) is 6.10 Å². The van der Waals surface area contributed by atoms with Gasteiger partial charge >= 0.3 is 0 Å². The zero-order valence-corrected chi connectivity index (χ0v) is 12.8. The highest BCUT2D eigenvalue weighted by Gasteiger charge is 2.27. The molecular formula is C18H28N2O. The van der Waals surface area contributed by atoms with Gasteiger partial charge in [0.05, 0.1) is 6.10 Å². The van der Waals surface area contributed by atoms with E-state index in [2.05, 4.69) is 41.0 Å². The van der Waals surface area contributed by atoms with Crippen LogP contribution in [0.2, 0.25) is 0 Å². The lowest BCUT2D eigenvalue weighted by molar-refractivity contribution is 0.144. The molecule has 1 saturated heterocycles. The second kappa shape index (κ2) is 7.39. The summed E-state index contributed by atoms with van der Waals surface area (Å²) in [6.07, 6.45) is 6.32. The van der Waals surface area contributed by atoms with Crippen LogP contribution in [0.5, 0.6) is 0 Å². The van der Waals surface area contributed by atoms with Crippen LogP contribution in [0.1, 0.15) is 43.6 Å². The van der Waals surface area contributed by atoms with Crippen LogP contribution < -0.4 is 10.6 Å². The Bertz CT molecular complexity index is 422. The molecule has 1 aliphatic carbocycles. The van der Waals surface area contributed by atoms with E-state index in [1.165, 1.54) is 37.7 Å². The number of aliphatic hydroxyl groups excluding tert-OH is 1. The molecule has 1 saturated carbocycles. The highest BCUT2D eigenvalue weighted by molar-refractivity contribution is 5.20. The summed E-state index contributed by atoms with van der Waals surface area (Å²) in [6.45, 7) is 2.65. The van der Waals surface area contributed by atoms with Gasteiger partial charge in [-0.15, -0.1) is 0 Å². The zero-order chi connectivity index (χ0) is 14.5. The van der Waals surface area contributed by atoms with Gasteiger partial charge in [0.25, 0.3) is 0 Å². The van der Waals surface area contributed by atoms with Gasteiger partial charge in [-0.3, -0.25) is 0 Å². The molecule has 1 aromatic carbocycles. The first-order chi connectivity index (χ1) is 10.3. The van der Waals surface area contributed by atoms with Gasteiger partial charge < -0.3 is 15.7 Å². The molecule has 1 aromatic rings. The molecule has 2 fully saturated rings. The Morgan fingerprint density at radius 3 is 2.67 bits per heavy atom. The van der Waals surface area contributed by atoms with Gasteiger partial charge in [0.2, 0.25) is 0 Å². The maximum absolute atomic E-state index is 9.90. The molecule has 116 valence electrons. The molecule has 3 rings (SSSR count). The van der Waals surface area contributed by atoms with Crippen LogP contribution in [0, 0.1) is 5.92 Å². The van der Waals surface area contributed by atoms with E-state index < -0.39 is 0 Å². The average molecular weight is 288 g/mol. The van der Waals surface area contributed by atoms with Crippen LogP contribution in [-0.2, 0) is 0 Å². The maximum atomic E-state index is 9.90. The van der Waals surface area contributed by atoms with Crippen LogP contribution in [0.25, 0.3) is 0 Å². The first kappa shape index (κ1) is 15.0. The highest BCUT2D eigenvalue weighted by Crippen LogP contribution is 2.31. The van der Waals surface area contributed by atoms with Crippen LogP contribution in [0.3, 0.4) is 0 Å². The van der Waals surface area contributed by atoms with E-state index in [1.807, 2.05) is 0 Å². The predicted octanol–water partition coefficient (Wildman–Crippen LogP) is 2.27. The molecule has 0 radical (unpaired) electrons. The molecule has 4 atom stereocenters. The lowest BCUT2D eigenvalue weighted by Gasteiger charge is -2.24. The van der Waals surface area contributed by atoms with Crippen molar-refractivity contribution in [3.63, 3.8) is 0 Å². The van der Waals surface area contributed by atoms with Crippen molar-refractivity contribution in [1.82, 2.24) is 10.6 Å². The summed E-state index contributed by atoms with van der Waals surface area (Å²) in [7, 11) is 0. The summed E-state index contributed by atoms with van der Waals surface area (Å²) in [5, 5.41) is 16.9. The third-order valence-electron chi connectivity index (χ3n) is 5.17. The summed E-state index contributed by atoms with van der Waals surface area (Å²) in [5.74, 6) is 1.07. The minimum Gasteiger partial charge on any atom is -0.391 e. The molecule has 0 amide bonds. The minimum atomic E-state index is -0.173. The molecule has 4 unspecified atom stereocenters. The first-order valence-corrected chi connectivity index (χ1v) is 8.50. The van der Waals surface area contributed by atoms with Crippen molar-refractivity contribution in [2.24, 2.45) is 5.92 Å². The number of β-amino-alcohol motifs (C(OH)–C–C–N with tert-alkyl or cyclic N) is 1. The largest absolute Gasteiger partial charge is 0.391 e. The molecule has 1 aliphatic heterocycles. The van der Waals surface area contributed by atoms with Gasteiger partial charge in [0, 0.05) is 31.6 Å². The number of benzene rings is 1. The second-order valence-corrected chi connectivity index (χ2v) is 6.72. The third kappa shape index (κ3) is 4.06. The maximum Gasteiger partial charge on any atom is 0.0716 e. The van der Waals surface area contributed by atoms with Gasteiger partial charge in [-0.1, -0.05) is 43.2 Å². The summed E-state index contributed by atoms with van der Waals surface area (Å²) in [6, 6.07) is 11.6. The van der Waals surface area contributed by atoms with E-state index in [0.29, 0.717) is 17.9 Å². The standard InChI is InChI=1S/C18H28N2O/c21-18-13-19-11-16(18)12-20-17-9-5-4-8-15(10-17)14-6-2-1-3-7-14/h1-3,6-7,15-21H,4-5,8-13H2. The van der Waals surface area contributed by atoms with E-state index in [1.54, 1.807) is 0 Å². The minimum absolute atomic E-state index is 0.173. The van der Waals surface area contributed by atoms with Crippen LogP contribution in [-0.4, -0.2) is 36.9 Å². The topological polar surface area (TPSA) is 44.3 Å². The molecule has 1 heterocycles. The molecule has 3 heteroatoms. The van der Waals surface area contributed by atoms with Crippen molar-refractivity contribution in [2.45, 2.75) is 50.2 Å². The third-order valence-corrected chi connectivity index (χ3v) is 5.17. The molecule has 0 bridgehead atoms. The molecule has 21 heavy (non-hydrogen) atoms. The molecular weight excluding hydrogens is 260 g/mol. The monoisotopic (exact) mass is 288 g/mol. The Labute approximate surface area is 128 Å². The fraction of sp³-hybridized carbons (Fsp3) is 0.667. The van der Waals surface area contributed by atoms with E-state index in [9.17, 15) is 5.11 Å². The smallest absolute Gasteiger partial charge is 0.0716 e. The molecule has 0 aromatic heterocycles. The van der Waals surface area contributed by atoms with Gasteiger partial charge in [0.15, 0.2) is 0 Å².